The summed E-state index contributed by atoms with van der Waals surface area (Å²) < 4.78 is 5.04. The Balaban J connectivity index is 2.59. The molecule has 0 radical (unpaired) electrons. The van der Waals surface area contributed by atoms with E-state index < -0.39 is 0 Å². The van der Waals surface area contributed by atoms with Gasteiger partial charge < -0.3 is 4.74 Å². The zero-order valence-corrected chi connectivity index (χ0v) is 9.82. The number of allylic oxidation sites excluding steroid dienone is 1. The topological polar surface area (TPSA) is 39.2 Å². The van der Waals surface area contributed by atoms with E-state index in [0.29, 0.717) is 12.3 Å². The van der Waals surface area contributed by atoms with E-state index in [9.17, 15) is 4.79 Å². The Morgan fingerprint density at radius 1 is 1.50 bits per heavy atom. The number of carbonyl (C=O) groups excluding carboxylic acids is 1. The van der Waals surface area contributed by atoms with Crippen LogP contribution in [0.2, 0.25) is 0 Å². The zero-order valence-electron chi connectivity index (χ0n) is 9.82. The van der Waals surface area contributed by atoms with Crippen LogP contribution in [0.3, 0.4) is 0 Å². The average Bonchev–Trinajstić information content (AvgIpc) is 2.29. The molecule has 0 aromatic carbocycles. The number of ether oxygens (including phenoxy) is 1. The number of rotatable bonds is 5. The lowest BCUT2D eigenvalue weighted by Crippen LogP contribution is -2.08. The Bertz CT molecular complexity index is 368. The predicted octanol–water partition coefficient (Wildman–Crippen LogP) is 3.07. The van der Waals surface area contributed by atoms with Crippen LogP contribution in [-0.4, -0.2) is 17.6 Å². The summed E-state index contributed by atoms with van der Waals surface area (Å²) in [6.07, 6.45) is 3.53. The minimum Gasteiger partial charge on any atom is -0.461 e. The molecule has 1 aromatic rings. The first kappa shape index (κ1) is 12.4. The number of esters is 1. The van der Waals surface area contributed by atoms with Crippen LogP contribution in [0.25, 0.3) is 5.57 Å². The van der Waals surface area contributed by atoms with Crippen LogP contribution < -0.4 is 0 Å². The van der Waals surface area contributed by atoms with E-state index >= 15 is 0 Å². The van der Waals surface area contributed by atoms with Crippen molar-refractivity contribution >= 4 is 11.5 Å². The van der Waals surface area contributed by atoms with Crippen molar-refractivity contribution in [2.75, 3.05) is 6.61 Å². The van der Waals surface area contributed by atoms with Gasteiger partial charge in [0.25, 0.3) is 0 Å². The molecule has 0 amide bonds. The number of hydrogen-bond acceptors (Lipinski definition) is 3. The molecule has 0 aliphatic rings. The van der Waals surface area contributed by atoms with Crippen molar-refractivity contribution in [1.82, 2.24) is 4.98 Å². The summed E-state index contributed by atoms with van der Waals surface area (Å²) in [7, 11) is 0. The van der Waals surface area contributed by atoms with Gasteiger partial charge >= 0.3 is 5.97 Å². The van der Waals surface area contributed by atoms with Crippen LogP contribution in [0.5, 0.6) is 0 Å². The largest absolute Gasteiger partial charge is 0.461 e. The smallest absolute Gasteiger partial charge is 0.356 e. The van der Waals surface area contributed by atoms with E-state index in [0.717, 1.165) is 24.0 Å². The third-order valence-corrected chi connectivity index (χ3v) is 2.20. The van der Waals surface area contributed by atoms with E-state index in [1.54, 1.807) is 12.3 Å². The van der Waals surface area contributed by atoms with Crippen molar-refractivity contribution in [1.29, 1.82) is 0 Å². The minimum absolute atomic E-state index is 0.348. The molecule has 86 valence electrons. The maximum atomic E-state index is 11.5. The number of unbranched alkanes of at least 4 members (excludes halogenated alkanes) is 1. The van der Waals surface area contributed by atoms with Crippen molar-refractivity contribution in [3.05, 3.63) is 36.2 Å². The van der Waals surface area contributed by atoms with E-state index in [1.807, 2.05) is 19.9 Å². The fraction of sp³-hybridized carbons (Fsp3) is 0.385. The quantitative estimate of drug-likeness (QED) is 0.564. The van der Waals surface area contributed by atoms with Crippen LogP contribution in [-0.2, 0) is 4.74 Å². The van der Waals surface area contributed by atoms with Gasteiger partial charge in [-0.25, -0.2) is 9.78 Å². The molecule has 0 saturated carbocycles. The van der Waals surface area contributed by atoms with Gasteiger partial charge in [-0.05, 0) is 30.5 Å². The Morgan fingerprint density at radius 3 is 2.75 bits per heavy atom. The fourth-order valence-electron chi connectivity index (χ4n) is 1.15. The number of nitrogens with zero attached hydrogens (tertiary/aromatic N) is 1. The Labute approximate surface area is 96.2 Å². The van der Waals surface area contributed by atoms with Gasteiger partial charge in [-0.2, -0.15) is 0 Å². The van der Waals surface area contributed by atoms with Crippen LogP contribution in [0.4, 0.5) is 0 Å². The maximum Gasteiger partial charge on any atom is 0.356 e. The molecule has 1 aromatic heterocycles. The highest BCUT2D eigenvalue weighted by Crippen LogP contribution is 2.10. The third kappa shape index (κ3) is 3.50. The standard InChI is InChI=1S/C13H17NO2/c1-4-5-8-16-13(15)12-7-6-11(9-14-12)10(2)3/h6-7,9H,2,4-5,8H2,1,3H3. The highest BCUT2D eigenvalue weighted by molar-refractivity contribution is 5.87. The first-order valence-electron chi connectivity index (χ1n) is 5.44. The summed E-state index contributed by atoms with van der Waals surface area (Å²) in [6.45, 7) is 8.21. The lowest BCUT2D eigenvalue weighted by Gasteiger charge is -2.04. The second-order valence-corrected chi connectivity index (χ2v) is 3.70. The van der Waals surface area contributed by atoms with Gasteiger partial charge in [-0.3, -0.25) is 0 Å². The lowest BCUT2D eigenvalue weighted by atomic mass is 10.1. The molecule has 0 unspecified atom stereocenters. The van der Waals surface area contributed by atoms with Crippen molar-refractivity contribution in [2.24, 2.45) is 0 Å². The molecule has 0 saturated heterocycles. The number of carbonyl (C=O) groups is 1. The molecule has 16 heavy (non-hydrogen) atoms. The third-order valence-electron chi connectivity index (χ3n) is 2.20. The Morgan fingerprint density at radius 2 is 2.25 bits per heavy atom. The first-order valence-corrected chi connectivity index (χ1v) is 5.44. The highest BCUT2D eigenvalue weighted by atomic mass is 16.5. The molecular weight excluding hydrogens is 202 g/mol. The molecule has 0 bridgehead atoms. The second kappa shape index (κ2) is 6.05. The number of aromatic nitrogens is 1. The molecule has 0 N–H and O–H groups in total. The van der Waals surface area contributed by atoms with Crippen LogP contribution in [0.1, 0.15) is 42.7 Å². The van der Waals surface area contributed by atoms with Crippen molar-refractivity contribution < 1.29 is 9.53 Å². The number of pyridine rings is 1. The normalized spacial score (nSPS) is 9.88. The van der Waals surface area contributed by atoms with E-state index in [2.05, 4.69) is 11.6 Å². The molecule has 3 heteroatoms. The van der Waals surface area contributed by atoms with Gasteiger partial charge in [0.2, 0.25) is 0 Å². The fourth-order valence-corrected chi connectivity index (χ4v) is 1.15. The van der Waals surface area contributed by atoms with Gasteiger partial charge in [-0.1, -0.05) is 26.0 Å². The summed E-state index contributed by atoms with van der Waals surface area (Å²) in [5, 5.41) is 0. The maximum absolute atomic E-state index is 11.5. The van der Waals surface area contributed by atoms with E-state index in [-0.39, 0.29) is 5.97 Å². The summed E-state index contributed by atoms with van der Waals surface area (Å²) >= 11 is 0. The Hall–Kier alpha value is -1.64. The van der Waals surface area contributed by atoms with Gasteiger partial charge in [0.05, 0.1) is 6.61 Å². The SMILES string of the molecule is C=C(C)c1ccc(C(=O)OCCCC)nc1. The monoisotopic (exact) mass is 219 g/mol. The molecule has 0 atom stereocenters. The van der Waals surface area contributed by atoms with Crippen LogP contribution >= 0.6 is 0 Å². The van der Waals surface area contributed by atoms with Gasteiger partial charge in [0.15, 0.2) is 0 Å². The van der Waals surface area contributed by atoms with Crippen LogP contribution in [0, 0.1) is 0 Å². The highest BCUT2D eigenvalue weighted by Gasteiger charge is 2.08. The van der Waals surface area contributed by atoms with E-state index in [1.165, 1.54) is 0 Å². The van der Waals surface area contributed by atoms with Gasteiger partial charge in [-0.15, -0.1) is 0 Å². The molecule has 0 aliphatic carbocycles. The van der Waals surface area contributed by atoms with E-state index in [4.69, 9.17) is 4.74 Å². The summed E-state index contributed by atoms with van der Waals surface area (Å²) in [4.78, 5) is 15.5. The lowest BCUT2D eigenvalue weighted by molar-refractivity contribution is 0.0493. The minimum atomic E-state index is -0.360. The molecule has 0 spiro atoms. The van der Waals surface area contributed by atoms with Crippen molar-refractivity contribution in [3.63, 3.8) is 0 Å². The number of hydrogen-bond donors (Lipinski definition) is 0. The van der Waals surface area contributed by atoms with Crippen molar-refractivity contribution in [2.45, 2.75) is 26.7 Å². The molecule has 1 rings (SSSR count). The van der Waals surface area contributed by atoms with Crippen molar-refractivity contribution in [3.8, 4) is 0 Å². The summed E-state index contributed by atoms with van der Waals surface area (Å²) in [6, 6.07) is 3.49. The summed E-state index contributed by atoms with van der Waals surface area (Å²) in [5.41, 5.74) is 2.21. The molecular formula is C13H17NO2. The molecule has 1 heterocycles. The molecule has 0 aliphatic heterocycles. The summed E-state index contributed by atoms with van der Waals surface area (Å²) in [5.74, 6) is -0.360. The Kier molecular flexibility index (Phi) is 4.70. The zero-order chi connectivity index (χ0) is 12.0. The average molecular weight is 219 g/mol. The molecule has 3 nitrogen and oxygen atoms in total. The molecule has 0 fully saturated rings. The van der Waals surface area contributed by atoms with Gasteiger partial charge in [0.1, 0.15) is 5.69 Å². The van der Waals surface area contributed by atoms with Gasteiger partial charge in [0, 0.05) is 6.20 Å². The predicted molar refractivity (Wildman–Crippen MR) is 64.1 cm³/mol. The first-order chi connectivity index (χ1) is 7.65. The second-order valence-electron chi connectivity index (χ2n) is 3.70. The van der Waals surface area contributed by atoms with Crippen LogP contribution in [0.15, 0.2) is 24.9 Å².